The van der Waals surface area contributed by atoms with E-state index in [1.54, 1.807) is 0 Å². The molecule has 0 bridgehead atoms. The van der Waals surface area contributed by atoms with Gasteiger partial charge in [0.05, 0.1) is 6.54 Å². The smallest absolute Gasteiger partial charge is 0.230 e. The van der Waals surface area contributed by atoms with Gasteiger partial charge in [-0.1, -0.05) is 37.3 Å². The average molecular weight is 313 g/mol. The van der Waals surface area contributed by atoms with Gasteiger partial charge in [-0.3, -0.25) is 9.69 Å². The zero-order valence-electron chi connectivity index (χ0n) is 13.6. The highest BCUT2D eigenvalue weighted by Gasteiger charge is 2.26. The van der Waals surface area contributed by atoms with Gasteiger partial charge in [-0.05, 0) is 24.9 Å². The van der Waals surface area contributed by atoms with Crippen molar-refractivity contribution >= 4 is 5.78 Å². The third kappa shape index (κ3) is 4.26. The summed E-state index contributed by atoms with van der Waals surface area (Å²) in [5.41, 5.74) is 1.10. The SMILES string of the molecule is CCc1nnc(CN2CCC[C@H](C(=O)Cc3ccccc3)C2)o1. The van der Waals surface area contributed by atoms with Crippen molar-refractivity contribution in [2.24, 2.45) is 5.92 Å². The lowest BCUT2D eigenvalue weighted by Crippen LogP contribution is -2.38. The van der Waals surface area contributed by atoms with Crippen LogP contribution in [0, 0.1) is 5.92 Å². The van der Waals surface area contributed by atoms with E-state index in [9.17, 15) is 4.79 Å². The Morgan fingerprint density at radius 1 is 1.26 bits per heavy atom. The van der Waals surface area contributed by atoms with Crippen LogP contribution in [0.4, 0.5) is 0 Å². The molecule has 5 heteroatoms. The van der Waals surface area contributed by atoms with E-state index in [0.29, 0.717) is 30.5 Å². The number of nitrogens with zero attached hydrogens (tertiary/aromatic N) is 3. The van der Waals surface area contributed by atoms with Gasteiger partial charge < -0.3 is 4.42 Å². The van der Waals surface area contributed by atoms with Crippen LogP contribution < -0.4 is 0 Å². The first-order valence-corrected chi connectivity index (χ1v) is 8.35. The van der Waals surface area contributed by atoms with Crippen molar-refractivity contribution in [1.29, 1.82) is 0 Å². The number of aryl methyl sites for hydroxylation is 1. The summed E-state index contributed by atoms with van der Waals surface area (Å²) in [6, 6.07) is 9.98. The minimum absolute atomic E-state index is 0.109. The second-order valence-electron chi connectivity index (χ2n) is 6.15. The van der Waals surface area contributed by atoms with Gasteiger partial charge in [-0.2, -0.15) is 0 Å². The van der Waals surface area contributed by atoms with Crippen LogP contribution in [0.25, 0.3) is 0 Å². The zero-order valence-corrected chi connectivity index (χ0v) is 13.6. The standard InChI is InChI=1S/C18H23N3O2/c1-2-17-19-20-18(23-17)13-21-10-6-9-15(12-21)16(22)11-14-7-4-3-5-8-14/h3-5,7-8,15H,2,6,9-13H2,1H3/t15-/m0/s1. The Labute approximate surface area is 136 Å². The topological polar surface area (TPSA) is 59.2 Å². The number of hydrogen-bond donors (Lipinski definition) is 0. The fourth-order valence-electron chi connectivity index (χ4n) is 3.09. The van der Waals surface area contributed by atoms with E-state index >= 15 is 0 Å². The summed E-state index contributed by atoms with van der Waals surface area (Å²) >= 11 is 0. The molecule has 1 aliphatic heterocycles. The number of aromatic nitrogens is 2. The first kappa shape index (κ1) is 15.9. The summed E-state index contributed by atoms with van der Waals surface area (Å²) in [5.74, 6) is 1.77. The van der Waals surface area contributed by atoms with Crippen LogP contribution >= 0.6 is 0 Å². The van der Waals surface area contributed by atoms with E-state index in [4.69, 9.17) is 4.42 Å². The Balaban J connectivity index is 1.56. The molecule has 122 valence electrons. The van der Waals surface area contributed by atoms with Crippen molar-refractivity contribution in [3.63, 3.8) is 0 Å². The monoisotopic (exact) mass is 313 g/mol. The third-order valence-corrected chi connectivity index (χ3v) is 4.35. The van der Waals surface area contributed by atoms with Crippen LogP contribution in [-0.4, -0.2) is 34.0 Å². The molecule has 1 atom stereocenters. The van der Waals surface area contributed by atoms with Gasteiger partial charge in [0.1, 0.15) is 5.78 Å². The van der Waals surface area contributed by atoms with Crippen molar-refractivity contribution in [3.8, 4) is 0 Å². The van der Waals surface area contributed by atoms with Crippen molar-refractivity contribution in [3.05, 3.63) is 47.7 Å². The first-order valence-electron chi connectivity index (χ1n) is 8.35. The van der Waals surface area contributed by atoms with Crippen LogP contribution in [0.2, 0.25) is 0 Å². The molecule has 3 rings (SSSR count). The number of carbonyl (C=O) groups is 1. The molecule has 2 heterocycles. The van der Waals surface area contributed by atoms with E-state index in [-0.39, 0.29) is 5.92 Å². The summed E-state index contributed by atoms with van der Waals surface area (Å²) < 4.78 is 5.58. The van der Waals surface area contributed by atoms with Crippen LogP contribution in [0.1, 0.15) is 37.1 Å². The second kappa shape index (κ2) is 7.51. The molecule has 0 aliphatic carbocycles. The maximum atomic E-state index is 12.5. The lowest BCUT2D eigenvalue weighted by molar-refractivity contribution is -0.124. The van der Waals surface area contributed by atoms with Gasteiger partial charge in [0.2, 0.25) is 11.8 Å². The molecular weight excluding hydrogens is 290 g/mol. The molecule has 0 unspecified atom stereocenters. The minimum Gasteiger partial charge on any atom is -0.424 e. The van der Waals surface area contributed by atoms with Gasteiger partial charge >= 0.3 is 0 Å². The van der Waals surface area contributed by atoms with E-state index in [0.717, 1.165) is 37.9 Å². The Morgan fingerprint density at radius 2 is 2.04 bits per heavy atom. The third-order valence-electron chi connectivity index (χ3n) is 4.35. The molecule has 1 saturated heterocycles. The first-order chi connectivity index (χ1) is 11.2. The molecule has 1 aliphatic rings. The number of ketones is 1. The van der Waals surface area contributed by atoms with E-state index in [1.165, 1.54) is 0 Å². The predicted molar refractivity (Wildman–Crippen MR) is 86.8 cm³/mol. The molecule has 23 heavy (non-hydrogen) atoms. The van der Waals surface area contributed by atoms with Gasteiger partial charge in [0.15, 0.2) is 0 Å². The minimum atomic E-state index is 0.109. The summed E-state index contributed by atoms with van der Waals surface area (Å²) in [6.45, 7) is 4.41. The van der Waals surface area contributed by atoms with Crippen LogP contribution in [0.15, 0.2) is 34.7 Å². The highest BCUT2D eigenvalue weighted by Crippen LogP contribution is 2.20. The Hall–Kier alpha value is -2.01. The molecule has 0 saturated carbocycles. The fourth-order valence-corrected chi connectivity index (χ4v) is 3.09. The maximum Gasteiger partial charge on any atom is 0.230 e. The van der Waals surface area contributed by atoms with Gasteiger partial charge in [0.25, 0.3) is 0 Å². The molecule has 0 radical (unpaired) electrons. The molecule has 0 spiro atoms. The zero-order chi connectivity index (χ0) is 16.1. The Morgan fingerprint density at radius 3 is 2.78 bits per heavy atom. The summed E-state index contributed by atoms with van der Waals surface area (Å²) in [5, 5.41) is 8.08. The molecule has 0 amide bonds. The predicted octanol–water partition coefficient (Wildman–Crippen LogP) is 2.66. The lowest BCUT2D eigenvalue weighted by atomic mass is 9.90. The quantitative estimate of drug-likeness (QED) is 0.820. The maximum absolute atomic E-state index is 12.5. The molecule has 0 N–H and O–H groups in total. The molecule has 5 nitrogen and oxygen atoms in total. The number of hydrogen-bond acceptors (Lipinski definition) is 5. The number of likely N-dealkylation sites (tertiary alicyclic amines) is 1. The van der Waals surface area contributed by atoms with E-state index < -0.39 is 0 Å². The summed E-state index contributed by atoms with van der Waals surface area (Å²) in [6.07, 6.45) is 3.30. The van der Waals surface area contributed by atoms with Gasteiger partial charge in [-0.25, -0.2) is 0 Å². The molecule has 1 aromatic carbocycles. The number of rotatable bonds is 6. The van der Waals surface area contributed by atoms with E-state index in [2.05, 4.69) is 15.1 Å². The van der Waals surface area contributed by atoms with Crippen molar-refractivity contribution < 1.29 is 9.21 Å². The second-order valence-corrected chi connectivity index (χ2v) is 6.15. The van der Waals surface area contributed by atoms with Crippen LogP contribution in [0.3, 0.4) is 0 Å². The lowest BCUT2D eigenvalue weighted by Gasteiger charge is -2.30. The van der Waals surface area contributed by atoms with Crippen LogP contribution in [0.5, 0.6) is 0 Å². The molecule has 1 fully saturated rings. The number of carbonyl (C=O) groups excluding carboxylic acids is 1. The van der Waals surface area contributed by atoms with E-state index in [1.807, 2.05) is 37.3 Å². The number of Topliss-reactive ketones (excluding diaryl/α,β-unsaturated/α-hetero) is 1. The van der Waals surface area contributed by atoms with Crippen LogP contribution in [-0.2, 0) is 24.2 Å². The molecular formula is C18H23N3O2. The highest BCUT2D eigenvalue weighted by molar-refractivity contribution is 5.83. The molecule has 1 aromatic heterocycles. The number of piperidine rings is 1. The van der Waals surface area contributed by atoms with Gasteiger partial charge in [0, 0.05) is 25.3 Å². The fraction of sp³-hybridized carbons (Fsp3) is 0.500. The largest absolute Gasteiger partial charge is 0.424 e. The van der Waals surface area contributed by atoms with Crippen molar-refractivity contribution in [2.75, 3.05) is 13.1 Å². The Bertz CT molecular complexity index is 639. The Kier molecular flexibility index (Phi) is 5.18. The summed E-state index contributed by atoms with van der Waals surface area (Å²) in [7, 11) is 0. The average Bonchev–Trinajstić information content (AvgIpc) is 3.03. The van der Waals surface area contributed by atoms with Crippen molar-refractivity contribution in [1.82, 2.24) is 15.1 Å². The van der Waals surface area contributed by atoms with Gasteiger partial charge in [-0.15, -0.1) is 10.2 Å². The molecule has 2 aromatic rings. The van der Waals surface area contributed by atoms with Crippen molar-refractivity contribution in [2.45, 2.75) is 39.2 Å². The highest BCUT2D eigenvalue weighted by atomic mass is 16.4. The number of benzene rings is 1. The summed E-state index contributed by atoms with van der Waals surface area (Å²) in [4.78, 5) is 14.8. The normalized spacial score (nSPS) is 18.9.